The Morgan fingerprint density at radius 2 is 1.50 bits per heavy atom. The smallest absolute Gasteiger partial charge is 0.351 e. The standard InChI is InChI=1S/C22H20O6/c1-4-27-19-13-18(14-5-9-16(25-2)10-6-14)28-22(24)20(19)21(23)15-7-11-17(26-3)12-8-15/h5-13H,4H2,1-3H3. The average molecular weight is 380 g/mol. The van der Waals surface area contributed by atoms with Gasteiger partial charge in [-0.15, -0.1) is 0 Å². The van der Waals surface area contributed by atoms with Gasteiger partial charge < -0.3 is 18.6 Å². The summed E-state index contributed by atoms with van der Waals surface area (Å²) in [5.74, 6) is 1.32. The Morgan fingerprint density at radius 3 is 2.04 bits per heavy atom. The normalized spacial score (nSPS) is 10.4. The third kappa shape index (κ3) is 3.91. The van der Waals surface area contributed by atoms with Crippen LogP contribution in [-0.2, 0) is 0 Å². The fourth-order valence-corrected chi connectivity index (χ4v) is 2.73. The molecule has 28 heavy (non-hydrogen) atoms. The minimum atomic E-state index is -0.752. The minimum Gasteiger partial charge on any atom is -0.497 e. The van der Waals surface area contributed by atoms with Crippen LogP contribution in [0.3, 0.4) is 0 Å². The summed E-state index contributed by atoms with van der Waals surface area (Å²) in [5.41, 5.74) is 0.121. The third-order valence-corrected chi connectivity index (χ3v) is 4.17. The molecule has 3 aromatic rings. The van der Waals surface area contributed by atoms with E-state index >= 15 is 0 Å². The molecule has 6 heteroatoms. The van der Waals surface area contributed by atoms with Gasteiger partial charge in [0.1, 0.15) is 28.6 Å². The Kier molecular flexibility index (Phi) is 5.79. The summed E-state index contributed by atoms with van der Waals surface area (Å²) in [6, 6.07) is 15.1. The van der Waals surface area contributed by atoms with Crippen LogP contribution < -0.4 is 19.8 Å². The van der Waals surface area contributed by atoms with Crippen molar-refractivity contribution in [3.63, 3.8) is 0 Å². The molecule has 0 amide bonds. The van der Waals surface area contributed by atoms with Crippen molar-refractivity contribution < 1.29 is 23.4 Å². The maximum absolute atomic E-state index is 12.9. The summed E-state index contributed by atoms with van der Waals surface area (Å²) >= 11 is 0. The Bertz CT molecular complexity index is 1020. The second-order valence-corrected chi connectivity index (χ2v) is 5.86. The van der Waals surface area contributed by atoms with Gasteiger partial charge in [-0.3, -0.25) is 4.79 Å². The molecule has 0 aliphatic heterocycles. The van der Waals surface area contributed by atoms with E-state index in [1.807, 2.05) is 0 Å². The van der Waals surface area contributed by atoms with Crippen molar-refractivity contribution in [3.05, 3.63) is 76.1 Å². The molecule has 0 N–H and O–H groups in total. The monoisotopic (exact) mass is 380 g/mol. The van der Waals surface area contributed by atoms with E-state index in [9.17, 15) is 9.59 Å². The highest BCUT2D eigenvalue weighted by molar-refractivity contribution is 6.10. The molecule has 0 atom stereocenters. The van der Waals surface area contributed by atoms with E-state index < -0.39 is 11.4 Å². The topological polar surface area (TPSA) is 75.0 Å². The molecule has 0 saturated carbocycles. The van der Waals surface area contributed by atoms with E-state index in [1.165, 1.54) is 7.11 Å². The maximum Gasteiger partial charge on any atom is 0.351 e. The van der Waals surface area contributed by atoms with Crippen molar-refractivity contribution in [2.75, 3.05) is 20.8 Å². The molecule has 1 heterocycles. The van der Waals surface area contributed by atoms with Crippen molar-refractivity contribution in [1.82, 2.24) is 0 Å². The first-order valence-corrected chi connectivity index (χ1v) is 8.71. The van der Waals surface area contributed by atoms with Crippen LogP contribution in [0.15, 0.2) is 63.8 Å². The summed E-state index contributed by atoms with van der Waals surface area (Å²) in [4.78, 5) is 25.5. The molecule has 0 aliphatic rings. The fourth-order valence-electron chi connectivity index (χ4n) is 2.73. The zero-order chi connectivity index (χ0) is 20.1. The number of hydrogen-bond acceptors (Lipinski definition) is 6. The predicted molar refractivity (Wildman–Crippen MR) is 105 cm³/mol. The van der Waals surface area contributed by atoms with Crippen molar-refractivity contribution in [2.24, 2.45) is 0 Å². The molecule has 0 saturated heterocycles. The average Bonchev–Trinajstić information content (AvgIpc) is 2.73. The number of carbonyl (C=O) groups excluding carboxylic acids is 1. The van der Waals surface area contributed by atoms with E-state index in [0.717, 1.165) is 0 Å². The zero-order valence-electron chi connectivity index (χ0n) is 15.9. The Balaban J connectivity index is 2.05. The second-order valence-electron chi connectivity index (χ2n) is 5.86. The first kappa shape index (κ1) is 19.2. The second kappa shape index (κ2) is 8.43. The van der Waals surface area contributed by atoms with Crippen LogP contribution in [0, 0.1) is 0 Å². The summed E-state index contributed by atoms with van der Waals surface area (Å²) < 4.78 is 21.2. The molecule has 144 valence electrons. The van der Waals surface area contributed by atoms with Crippen molar-refractivity contribution in [1.29, 1.82) is 0 Å². The Labute approximate surface area is 162 Å². The molecule has 0 spiro atoms. The van der Waals surface area contributed by atoms with Gasteiger partial charge in [-0.1, -0.05) is 0 Å². The first-order chi connectivity index (χ1) is 13.6. The molecule has 0 fully saturated rings. The Hall–Kier alpha value is -3.54. The lowest BCUT2D eigenvalue weighted by Crippen LogP contribution is -2.17. The number of ketones is 1. The van der Waals surface area contributed by atoms with Gasteiger partial charge >= 0.3 is 5.63 Å². The van der Waals surface area contributed by atoms with Crippen LogP contribution in [0.1, 0.15) is 22.8 Å². The summed E-state index contributed by atoms with van der Waals surface area (Å²) in [5, 5.41) is 0. The van der Waals surface area contributed by atoms with Gasteiger partial charge in [0, 0.05) is 17.2 Å². The molecule has 6 nitrogen and oxygen atoms in total. The van der Waals surface area contributed by atoms with E-state index in [1.54, 1.807) is 68.6 Å². The van der Waals surface area contributed by atoms with Crippen LogP contribution in [0.4, 0.5) is 0 Å². The van der Waals surface area contributed by atoms with Gasteiger partial charge in [-0.25, -0.2) is 4.79 Å². The summed E-state index contributed by atoms with van der Waals surface area (Å²) in [7, 11) is 3.11. The van der Waals surface area contributed by atoms with Gasteiger partial charge in [0.05, 0.1) is 20.8 Å². The molecule has 3 rings (SSSR count). The van der Waals surface area contributed by atoms with Gasteiger partial charge in [0.2, 0.25) is 5.78 Å². The molecule has 1 aromatic heterocycles. The minimum absolute atomic E-state index is 0.135. The number of carbonyl (C=O) groups is 1. The van der Waals surface area contributed by atoms with E-state index in [2.05, 4.69) is 0 Å². The first-order valence-electron chi connectivity index (χ1n) is 8.71. The summed E-state index contributed by atoms with van der Waals surface area (Å²) in [6.45, 7) is 2.08. The van der Waals surface area contributed by atoms with Gasteiger partial charge in [0.15, 0.2) is 0 Å². The highest BCUT2D eigenvalue weighted by atomic mass is 16.5. The van der Waals surface area contributed by atoms with Gasteiger partial charge in [0.25, 0.3) is 0 Å². The number of rotatable bonds is 7. The number of benzene rings is 2. The zero-order valence-corrected chi connectivity index (χ0v) is 15.9. The largest absolute Gasteiger partial charge is 0.497 e. The molecule has 0 aliphatic carbocycles. The number of ether oxygens (including phenoxy) is 3. The molecule has 2 aromatic carbocycles. The van der Waals surface area contributed by atoms with Crippen molar-refractivity contribution in [3.8, 4) is 28.6 Å². The van der Waals surface area contributed by atoms with Crippen LogP contribution in [0.5, 0.6) is 17.2 Å². The summed E-state index contributed by atoms with van der Waals surface area (Å²) in [6.07, 6.45) is 0. The lowest BCUT2D eigenvalue weighted by molar-refractivity contribution is 0.103. The van der Waals surface area contributed by atoms with E-state index in [-0.39, 0.29) is 11.3 Å². The third-order valence-electron chi connectivity index (χ3n) is 4.17. The van der Waals surface area contributed by atoms with E-state index in [0.29, 0.717) is 35.0 Å². The molecule has 0 bridgehead atoms. The Morgan fingerprint density at radius 1 is 0.929 bits per heavy atom. The maximum atomic E-state index is 12.9. The number of methoxy groups -OCH3 is 2. The van der Waals surface area contributed by atoms with Crippen molar-refractivity contribution >= 4 is 5.78 Å². The lowest BCUT2D eigenvalue weighted by atomic mass is 10.0. The van der Waals surface area contributed by atoms with Gasteiger partial charge in [-0.05, 0) is 55.5 Å². The van der Waals surface area contributed by atoms with Crippen LogP contribution in [0.25, 0.3) is 11.3 Å². The van der Waals surface area contributed by atoms with Crippen LogP contribution in [0.2, 0.25) is 0 Å². The lowest BCUT2D eigenvalue weighted by Gasteiger charge is -2.11. The van der Waals surface area contributed by atoms with Crippen LogP contribution in [-0.4, -0.2) is 26.6 Å². The molecular weight excluding hydrogens is 360 g/mol. The molecular formula is C22H20O6. The highest BCUT2D eigenvalue weighted by Gasteiger charge is 2.22. The predicted octanol–water partition coefficient (Wildman–Crippen LogP) is 3.95. The highest BCUT2D eigenvalue weighted by Crippen LogP contribution is 2.28. The van der Waals surface area contributed by atoms with Crippen LogP contribution >= 0.6 is 0 Å². The van der Waals surface area contributed by atoms with E-state index in [4.69, 9.17) is 18.6 Å². The van der Waals surface area contributed by atoms with Gasteiger partial charge in [-0.2, -0.15) is 0 Å². The molecule has 0 unspecified atom stereocenters. The quantitative estimate of drug-likeness (QED) is 0.578. The fraction of sp³-hybridized carbons (Fsp3) is 0.182. The number of hydrogen-bond donors (Lipinski definition) is 0. The SMILES string of the molecule is CCOc1cc(-c2ccc(OC)cc2)oc(=O)c1C(=O)c1ccc(OC)cc1. The molecule has 0 radical (unpaired) electrons. The van der Waals surface area contributed by atoms with Crippen molar-refractivity contribution in [2.45, 2.75) is 6.92 Å².